The minimum Gasteiger partial charge on any atom is -0.397 e. The van der Waals surface area contributed by atoms with Crippen LogP contribution in [-0.2, 0) is 6.42 Å². The third-order valence-corrected chi connectivity index (χ3v) is 2.54. The van der Waals surface area contributed by atoms with E-state index >= 15 is 0 Å². The van der Waals surface area contributed by atoms with Crippen molar-refractivity contribution in [1.82, 2.24) is 9.55 Å². The molecule has 0 aliphatic carbocycles. The maximum Gasteiger partial charge on any atom is 0.0995 e. The lowest BCUT2D eigenvalue weighted by Gasteiger charge is -2.09. The molecule has 15 heavy (non-hydrogen) atoms. The van der Waals surface area contributed by atoms with Crippen LogP contribution in [0.3, 0.4) is 0 Å². The Bertz CT molecular complexity index is 471. The minimum atomic E-state index is 0.845. The summed E-state index contributed by atoms with van der Waals surface area (Å²) in [5.74, 6) is 0. The number of benzene rings is 1. The second kappa shape index (κ2) is 3.77. The van der Waals surface area contributed by atoms with Crippen molar-refractivity contribution in [3.05, 3.63) is 42.0 Å². The molecule has 1 heterocycles. The number of nitrogens with two attached hydrogens (primary N) is 1. The predicted molar refractivity (Wildman–Crippen MR) is 62.1 cm³/mol. The first-order chi connectivity index (χ1) is 7.22. The molecule has 0 fully saturated rings. The summed E-state index contributed by atoms with van der Waals surface area (Å²) < 4.78 is 1.96. The van der Waals surface area contributed by atoms with Gasteiger partial charge in [-0.1, -0.05) is 19.1 Å². The monoisotopic (exact) mass is 201 g/mol. The molecular weight excluding hydrogens is 186 g/mol. The minimum absolute atomic E-state index is 0.845. The smallest absolute Gasteiger partial charge is 0.0995 e. The zero-order chi connectivity index (χ0) is 10.8. The van der Waals surface area contributed by atoms with Crippen molar-refractivity contribution in [1.29, 1.82) is 0 Å². The molecular formula is C12H15N3. The molecule has 0 aliphatic rings. The van der Waals surface area contributed by atoms with E-state index in [1.807, 2.05) is 29.8 Å². The second-order valence-corrected chi connectivity index (χ2v) is 3.63. The van der Waals surface area contributed by atoms with Gasteiger partial charge < -0.3 is 10.3 Å². The Labute approximate surface area is 89.6 Å². The summed E-state index contributed by atoms with van der Waals surface area (Å²) in [4.78, 5) is 4.20. The molecule has 2 rings (SSSR count). The van der Waals surface area contributed by atoms with Gasteiger partial charge >= 0.3 is 0 Å². The molecule has 1 aromatic carbocycles. The molecule has 0 unspecified atom stereocenters. The van der Waals surface area contributed by atoms with Crippen molar-refractivity contribution in [2.45, 2.75) is 20.3 Å². The van der Waals surface area contributed by atoms with Crippen LogP contribution < -0.4 is 5.73 Å². The largest absolute Gasteiger partial charge is 0.397 e. The maximum absolute atomic E-state index is 6.09. The highest BCUT2D eigenvalue weighted by molar-refractivity contribution is 5.62. The van der Waals surface area contributed by atoms with Crippen LogP contribution in [0, 0.1) is 6.92 Å². The number of hydrogen-bond donors (Lipinski definition) is 1. The van der Waals surface area contributed by atoms with Gasteiger partial charge in [0.1, 0.15) is 0 Å². The van der Waals surface area contributed by atoms with Gasteiger partial charge in [0.05, 0.1) is 23.4 Å². The molecule has 1 aromatic heterocycles. The summed E-state index contributed by atoms with van der Waals surface area (Å²) >= 11 is 0. The molecule has 0 spiro atoms. The number of aryl methyl sites for hydroxylation is 2. The number of nitrogen functional groups attached to an aromatic ring is 1. The zero-order valence-corrected chi connectivity index (χ0v) is 9.07. The molecule has 0 saturated heterocycles. The Hall–Kier alpha value is -1.77. The quantitative estimate of drug-likeness (QED) is 0.758. The summed E-state index contributed by atoms with van der Waals surface area (Å²) in [6, 6.07) is 6.10. The highest BCUT2D eigenvalue weighted by Gasteiger charge is 2.05. The molecule has 0 radical (unpaired) electrons. The lowest BCUT2D eigenvalue weighted by atomic mass is 10.1. The van der Waals surface area contributed by atoms with Crippen LogP contribution in [0.2, 0.25) is 0 Å². The summed E-state index contributed by atoms with van der Waals surface area (Å²) in [5, 5.41) is 0. The third kappa shape index (κ3) is 1.73. The number of rotatable bonds is 2. The van der Waals surface area contributed by atoms with E-state index < -0.39 is 0 Å². The van der Waals surface area contributed by atoms with Gasteiger partial charge in [-0.3, -0.25) is 0 Å². The number of imidazole rings is 1. The Morgan fingerprint density at radius 1 is 1.40 bits per heavy atom. The highest BCUT2D eigenvalue weighted by Crippen LogP contribution is 2.21. The fourth-order valence-corrected chi connectivity index (χ4v) is 1.69. The fourth-order valence-electron chi connectivity index (χ4n) is 1.69. The lowest BCUT2D eigenvalue weighted by molar-refractivity contribution is 1.04. The van der Waals surface area contributed by atoms with E-state index in [0.29, 0.717) is 0 Å². The Morgan fingerprint density at radius 3 is 2.80 bits per heavy atom. The van der Waals surface area contributed by atoms with Crippen molar-refractivity contribution in [3.63, 3.8) is 0 Å². The van der Waals surface area contributed by atoms with Gasteiger partial charge in [-0.05, 0) is 25.0 Å². The van der Waals surface area contributed by atoms with Crippen molar-refractivity contribution >= 4 is 5.69 Å². The van der Waals surface area contributed by atoms with Crippen LogP contribution >= 0.6 is 0 Å². The number of anilines is 1. The molecule has 0 aliphatic heterocycles. The van der Waals surface area contributed by atoms with E-state index in [1.165, 1.54) is 5.56 Å². The van der Waals surface area contributed by atoms with Crippen molar-refractivity contribution in [3.8, 4) is 5.69 Å². The van der Waals surface area contributed by atoms with Gasteiger partial charge in [-0.2, -0.15) is 0 Å². The molecule has 0 bridgehead atoms. The lowest BCUT2D eigenvalue weighted by Crippen LogP contribution is -2.00. The van der Waals surface area contributed by atoms with Crippen LogP contribution in [0.25, 0.3) is 5.69 Å². The third-order valence-electron chi connectivity index (χ3n) is 2.54. The number of nitrogens with zero attached hydrogens (tertiary/aromatic N) is 2. The van der Waals surface area contributed by atoms with Gasteiger partial charge in [0.2, 0.25) is 0 Å². The zero-order valence-electron chi connectivity index (χ0n) is 9.07. The average Bonchev–Trinajstić information content (AvgIpc) is 2.65. The van der Waals surface area contributed by atoms with Crippen molar-refractivity contribution < 1.29 is 0 Å². The first kappa shape index (κ1) is 9.77. The Kier molecular flexibility index (Phi) is 2.46. The number of aromatic nitrogens is 2. The molecule has 3 nitrogen and oxygen atoms in total. The van der Waals surface area contributed by atoms with Crippen LogP contribution in [0.1, 0.15) is 18.2 Å². The Morgan fingerprint density at radius 2 is 2.20 bits per heavy atom. The standard InChI is InChI=1S/C12H15N3/c1-3-10-5-4-6-11(12(10)13)15-7-9(2)14-8-15/h4-8H,3,13H2,1-2H3. The normalized spacial score (nSPS) is 10.5. The van der Waals surface area contributed by atoms with Crippen molar-refractivity contribution in [2.24, 2.45) is 0 Å². The fraction of sp³-hybridized carbons (Fsp3) is 0.250. The number of hydrogen-bond acceptors (Lipinski definition) is 2. The molecule has 2 N–H and O–H groups in total. The van der Waals surface area contributed by atoms with E-state index in [4.69, 9.17) is 5.73 Å². The summed E-state index contributed by atoms with van der Waals surface area (Å²) in [7, 11) is 0. The number of para-hydroxylation sites is 1. The molecule has 0 atom stereocenters. The summed E-state index contributed by atoms with van der Waals surface area (Å²) in [6.07, 6.45) is 4.72. The van der Waals surface area contributed by atoms with Crippen LogP contribution in [0.5, 0.6) is 0 Å². The molecule has 2 aromatic rings. The molecule has 78 valence electrons. The summed E-state index contributed by atoms with van der Waals surface area (Å²) in [6.45, 7) is 4.07. The average molecular weight is 201 g/mol. The SMILES string of the molecule is CCc1cccc(-n2cnc(C)c2)c1N. The van der Waals surface area contributed by atoms with E-state index in [1.54, 1.807) is 6.33 Å². The van der Waals surface area contributed by atoms with Gasteiger partial charge in [0.15, 0.2) is 0 Å². The first-order valence-corrected chi connectivity index (χ1v) is 5.10. The first-order valence-electron chi connectivity index (χ1n) is 5.10. The Balaban J connectivity index is 2.53. The summed E-state index contributed by atoms with van der Waals surface area (Å²) in [5.41, 5.74) is 10.1. The molecule has 3 heteroatoms. The van der Waals surface area contributed by atoms with E-state index in [-0.39, 0.29) is 0 Å². The predicted octanol–water partition coefficient (Wildman–Crippen LogP) is 2.33. The molecule has 0 amide bonds. The van der Waals surface area contributed by atoms with Crippen molar-refractivity contribution in [2.75, 3.05) is 5.73 Å². The van der Waals surface area contributed by atoms with Gasteiger partial charge in [0, 0.05) is 6.20 Å². The van der Waals surface area contributed by atoms with Gasteiger partial charge in [-0.15, -0.1) is 0 Å². The maximum atomic E-state index is 6.09. The van der Waals surface area contributed by atoms with E-state index in [0.717, 1.165) is 23.5 Å². The topological polar surface area (TPSA) is 43.8 Å². The van der Waals surface area contributed by atoms with Crippen LogP contribution in [-0.4, -0.2) is 9.55 Å². The molecule has 0 saturated carbocycles. The second-order valence-electron chi connectivity index (χ2n) is 3.63. The van der Waals surface area contributed by atoms with Crippen LogP contribution in [0.4, 0.5) is 5.69 Å². The highest BCUT2D eigenvalue weighted by atomic mass is 15.0. The van der Waals surface area contributed by atoms with Gasteiger partial charge in [0.25, 0.3) is 0 Å². The van der Waals surface area contributed by atoms with Gasteiger partial charge in [-0.25, -0.2) is 4.98 Å². The van der Waals surface area contributed by atoms with E-state index in [9.17, 15) is 0 Å². The van der Waals surface area contributed by atoms with E-state index in [2.05, 4.69) is 18.0 Å². The van der Waals surface area contributed by atoms with Crippen LogP contribution in [0.15, 0.2) is 30.7 Å².